The summed E-state index contributed by atoms with van der Waals surface area (Å²) in [6.45, 7) is 6.22. The fraction of sp³-hybridized carbons (Fsp3) is 0.381. The van der Waals surface area contributed by atoms with E-state index in [-0.39, 0.29) is 5.91 Å². The molecule has 0 aliphatic carbocycles. The molecule has 1 N–H and O–H groups in total. The number of rotatable bonds is 6. The smallest absolute Gasteiger partial charge is 0.222 e. The van der Waals surface area contributed by atoms with Crippen molar-refractivity contribution in [2.24, 2.45) is 0 Å². The number of ether oxygens (including phenoxy) is 1. The molecule has 1 amide bonds. The molecule has 0 spiro atoms. The average molecular weight is 379 g/mol. The molecular formula is C21H25N5O2. The lowest BCUT2D eigenvalue weighted by atomic mass is 10.2. The Hall–Kier alpha value is -2.93. The lowest BCUT2D eigenvalue weighted by molar-refractivity contribution is -0.121. The van der Waals surface area contributed by atoms with Gasteiger partial charge in [0.15, 0.2) is 0 Å². The summed E-state index contributed by atoms with van der Waals surface area (Å²) in [5.74, 6) is 0.903. The molecule has 1 aliphatic heterocycles. The number of hydrogen-bond acceptors (Lipinski definition) is 5. The zero-order chi connectivity index (χ0) is 19.3. The van der Waals surface area contributed by atoms with E-state index in [0.29, 0.717) is 32.7 Å². The first-order valence-corrected chi connectivity index (χ1v) is 9.66. The average Bonchev–Trinajstić information content (AvgIpc) is 3.06. The minimum atomic E-state index is 0.0173. The standard InChI is InChI=1S/C21H25N5O2/c1-16-12-17-4-2-3-5-19(17)26(16)7-6-21(27)22-14-18-13-20(24-15-23-18)25-8-10-28-11-9-25/h2-5,12-13,15H,6-11,14H2,1H3,(H,22,27). The lowest BCUT2D eigenvalue weighted by Crippen LogP contribution is -2.37. The summed E-state index contributed by atoms with van der Waals surface area (Å²) in [7, 11) is 0. The molecule has 1 aromatic carbocycles. The van der Waals surface area contributed by atoms with Gasteiger partial charge in [-0.3, -0.25) is 4.79 Å². The van der Waals surface area contributed by atoms with Crippen LogP contribution in [0.25, 0.3) is 10.9 Å². The topological polar surface area (TPSA) is 72.3 Å². The summed E-state index contributed by atoms with van der Waals surface area (Å²) in [6, 6.07) is 12.3. The molecule has 0 saturated carbocycles. The number of aryl methyl sites for hydroxylation is 2. The molecule has 146 valence electrons. The Labute approximate surface area is 164 Å². The number of amides is 1. The number of fused-ring (bicyclic) bond motifs is 1. The Balaban J connectivity index is 1.32. The highest BCUT2D eigenvalue weighted by molar-refractivity contribution is 5.81. The van der Waals surface area contributed by atoms with E-state index in [9.17, 15) is 4.79 Å². The molecule has 0 bridgehead atoms. The van der Waals surface area contributed by atoms with E-state index in [1.165, 1.54) is 16.6 Å². The number of anilines is 1. The Bertz CT molecular complexity index is 962. The van der Waals surface area contributed by atoms with Gasteiger partial charge in [-0.05, 0) is 24.4 Å². The molecule has 4 rings (SSSR count). The molecule has 0 atom stereocenters. The van der Waals surface area contributed by atoms with Crippen LogP contribution in [0.3, 0.4) is 0 Å². The molecular weight excluding hydrogens is 354 g/mol. The van der Waals surface area contributed by atoms with Gasteiger partial charge in [0, 0.05) is 43.3 Å². The van der Waals surface area contributed by atoms with Gasteiger partial charge in [-0.2, -0.15) is 0 Å². The number of aromatic nitrogens is 3. The third-order valence-corrected chi connectivity index (χ3v) is 5.09. The van der Waals surface area contributed by atoms with Crippen molar-refractivity contribution in [2.75, 3.05) is 31.2 Å². The molecule has 1 saturated heterocycles. The summed E-state index contributed by atoms with van der Waals surface area (Å²) < 4.78 is 7.57. The maximum atomic E-state index is 12.4. The second kappa shape index (κ2) is 8.39. The Morgan fingerprint density at radius 1 is 1.18 bits per heavy atom. The third kappa shape index (κ3) is 4.14. The molecule has 28 heavy (non-hydrogen) atoms. The van der Waals surface area contributed by atoms with E-state index in [4.69, 9.17) is 4.74 Å². The highest BCUT2D eigenvalue weighted by Crippen LogP contribution is 2.19. The molecule has 3 aromatic rings. The van der Waals surface area contributed by atoms with Gasteiger partial charge >= 0.3 is 0 Å². The second-order valence-corrected chi connectivity index (χ2v) is 6.99. The van der Waals surface area contributed by atoms with Crippen LogP contribution in [0.2, 0.25) is 0 Å². The van der Waals surface area contributed by atoms with Gasteiger partial charge in [0.05, 0.1) is 25.5 Å². The molecule has 0 radical (unpaired) electrons. The molecule has 1 fully saturated rings. The molecule has 0 unspecified atom stereocenters. The summed E-state index contributed by atoms with van der Waals surface area (Å²) in [5.41, 5.74) is 3.14. The highest BCUT2D eigenvalue weighted by Gasteiger charge is 2.13. The second-order valence-electron chi connectivity index (χ2n) is 6.99. The number of morpholine rings is 1. The number of nitrogens with one attached hydrogen (secondary N) is 1. The fourth-order valence-corrected chi connectivity index (χ4v) is 3.58. The van der Waals surface area contributed by atoms with Crippen LogP contribution in [-0.2, 0) is 22.6 Å². The van der Waals surface area contributed by atoms with Crippen LogP contribution in [0.4, 0.5) is 5.82 Å². The van der Waals surface area contributed by atoms with Crippen molar-refractivity contribution in [3.8, 4) is 0 Å². The van der Waals surface area contributed by atoms with Crippen LogP contribution >= 0.6 is 0 Å². The van der Waals surface area contributed by atoms with Crippen LogP contribution in [0, 0.1) is 6.92 Å². The van der Waals surface area contributed by atoms with Crippen LogP contribution in [-0.4, -0.2) is 46.7 Å². The van der Waals surface area contributed by atoms with Gasteiger partial charge in [-0.1, -0.05) is 18.2 Å². The Morgan fingerprint density at radius 3 is 2.86 bits per heavy atom. The third-order valence-electron chi connectivity index (χ3n) is 5.09. The summed E-state index contributed by atoms with van der Waals surface area (Å²) in [6.07, 6.45) is 1.99. The molecule has 2 aromatic heterocycles. The maximum absolute atomic E-state index is 12.4. The number of hydrogen-bond donors (Lipinski definition) is 1. The van der Waals surface area contributed by atoms with Crippen molar-refractivity contribution in [1.82, 2.24) is 19.9 Å². The summed E-state index contributed by atoms with van der Waals surface area (Å²) in [5, 5.41) is 4.18. The van der Waals surface area contributed by atoms with Crippen molar-refractivity contribution < 1.29 is 9.53 Å². The van der Waals surface area contributed by atoms with Gasteiger partial charge in [-0.25, -0.2) is 9.97 Å². The van der Waals surface area contributed by atoms with E-state index in [1.807, 2.05) is 18.2 Å². The van der Waals surface area contributed by atoms with E-state index < -0.39 is 0 Å². The van der Waals surface area contributed by atoms with Gasteiger partial charge in [-0.15, -0.1) is 0 Å². The van der Waals surface area contributed by atoms with Crippen LogP contribution in [0.15, 0.2) is 42.7 Å². The van der Waals surface area contributed by atoms with Crippen molar-refractivity contribution in [2.45, 2.75) is 26.4 Å². The zero-order valence-electron chi connectivity index (χ0n) is 16.1. The maximum Gasteiger partial charge on any atom is 0.222 e. The molecule has 3 heterocycles. The quantitative estimate of drug-likeness (QED) is 0.711. The molecule has 7 nitrogen and oxygen atoms in total. The number of para-hydroxylation sites is 1. The zero-order valence-corrected chi connectivity index (χ0v) is 16.1. The fourth-order valence-electron chi connectivity index (χ4n) is 3.58. The predicted octanol–water partition coefficient (Wildman–Crippen LogP) is 2.28. The van der Waals surface area contributed by atoms with Crippen LogP contribution in [0.1, 0.15) is 17.8 Å². The Morgan fingerprint density at radius 2 is 2.00 bits per heavy atom. The van der Waals surface area contributed by atoms with Crippen LogP contribution in [0.5, 0.6) is 0 Å². The number of carbonyl (C=O) groups excluding carboxylic acids is 1. The van der Waals surface area contributed by atoms with Gasteiger partial charge < -0.3 is 19.5 Å². The molecule has 7 heteroatoms. The van der Waals surface area contributed by atoms with Crippen molar-refractivity contribution in [3.63, 3.8) is 0 Å². The van der Waals surface area contributed by atoms with Crippen molar-refractivity contribution in [3.05, 3.63) is 54.1 Å². The van der Waals surface area contributed by atoms with Crippen LogP contribution < -0.4 is 10.2 Å². The number of carbonyl (C=O) groups is 1. The highest BCUT2D eigenvalue weighted by atomic mass is 16.5. The normalized spacial score (nSPS) is 14.4. The molecule has 1 aliphatic rings. The summed E-state index contributed by atoms with van der Waals surface area (Å²) in [4.78, 5) is 23.2. The van der Waals surface area contributed by atoms with E-state index >= 15 is 0 Å². The van der Waals surface area contributed by atoms with Crippen molar-refractivity contribution in [1.29, 1.82) is 0 Å². The first kappa shape index (κ1) is 18.4. The monoisotopic (exact) mass is 379 g/mol. The lowest BCUT2D eigenvalue weighted by Gasteiger charge is -2.27. The minimum absolute atomic E-state index is 0.0173. The predicted molar refractivity (Wildman–Crippen MR) is 108 cm³/mol. The van der Waals surface area contributed by atoms with Gasteiger partial charge in [0.2, 0.25) is 5.91 Å². The van der Waals surface area contributed by atoms with E-state index in [1.54, 1.807) is 6.33 Å². The SMILES string of the molecule is Cc1cc2ccccc2n1CCC(=O)NCc1cc(N2CCOCC2)ncn1. The first-order valence-electron chi connectivity index (χ1n) is 9.66. The number of nitrogens with zero attached hydrogens (tertiary/aromatic N) is 4. The van der Waals surface area contributed by atoms with Crippen molar-refractivity contribution >= 4 is 22.6 Å². The Kier molecular flexibility index (Phi) is 5.53. The largest absolute Gasteiger partial charge is 0.378 e. The summed E-state index contributed by atoms with van der Waals surface area (Å²) >= 11 is 0. The first-order chi connectivity index (χ1) is 13.7. The van der Waals surface area contributed by atoms with E-state index in [2.05, 4.69) is 49.9 Å². The van der Waals surface area contributed by atoms with Gasteiger partial charge in [0.25, 0.3) is 0 Å². The van der Waals surface area contributed by atoms with Gasteiger partial charge in [0.1, 0.15) is 12.1 Å². The number of benzene rings is 1. The van der Waals surface area contributed by atoms with E-state index in [0.717, 1.165) is 24.6 Å². The minimum Gasteiger partial charge on any atom is -0.378 e.